The van der Waals surface area contributed by atoms with Crippen molar-refractivity contribution in [1.82, 2.24) is 10.6 Å². The molecule has 1 heterocycles. The first-order valence-electron chi connectivity index (χ1n) is 6.09. The van der Waals surface area contributed by atoms with E-state index in [1.165, 1.54) is 12.8 Å². The second kappa shape index (κ2) is 5.53. The number of carbonyl (C=O) groups excluding carboxylic acids is 1. The highest BCUT2D eigenvalue weighted by Gasteiger charge is 2.23. The molecule has 1 fully saturated rings. The van der Waals surface area contributed by atoms with E-state index < -0.39 is 5.60 Å². The second-order valence-corrected chi connectivity index (χ2v) is 5.54. The number of alkyl carbamates (subject to hydrolysis) is 1. The summed E-state index contributed by atoms with van der Waals surface area (Å²) in [6.07, 6.45) is 2.04. The van der Waals surface area contributed by atoms with Crippen LogP contribution in [0.4, 0.5) is 4.79 Å². The number of hydrogen-bond acceptors (Lipinski definition) is 3. The number of ether oxygens (including phenoxy) is 1. The van der Waals surface area contributed by atoms with Gasteiger partial charge in [0.05, 0.1) is 0 Å². The van der Waals surface area contributed by atoms with Crippen molar-refractivity contribution in [3.63, 3.8) is 0 Å². The third-order valence-corrected chi connectivity index (χ3v) is 2.79. The van der Waals surface area contributed by atoms with Crippen molar-refractivity contribution < 1.29 is 9.53 Å². The number of amides is 1. The van der Waals surface area contributed by atoms with E-state index in [-0.39, 0.29) is 12.1 Å². The van der Waals surface area contributed by atoms with E-state index in [1.807, 2.05) is 27.7 Å². The monoisotopic (exact) mass is 228 g/mol. The Morgan fingerprint density at radius 1 is 1.50 bits per heavy atom. The number of rotatable bonds is 2. The molecule has 0 radical (unpaired) electrons. The summed E-state index contributed by atoms with van der Waals surface area (Å²) in [6.45, 7) is 9.74. The molecule has 2 atom stereocenters. The van der Waals surface area contributed by atoms with Gasteiger partial charge in [-0.3, -0.25) is 0 Å². The molecule has 4 nitrogen and oxygen atoms in total. The molecule has 1 aliphatic heterocycles. The molecule has 16 heavy (non-hydrogen) atoms. The molecule has 1 amide bonds. The maximum Gasteiger partial charge on any atom is 0.407 e. The number of nitrogens with one attached hydrogen (secondary N) is 2. The average Bonchev–Trinajstić information content (AvgIpc) is 2.16. The first kappa shape index (κ1) is 13.3. The van der Waals surface area contributed by atoms with Crippen molar-refractivity contribution in [2.45, 2.75) is 52.2 Å². The van der Waals surface area contributed by atoms with E-state index in [0.717, 1.165) is 13.1 Å². The van der Waals surface area contributed by atoms with Crippen LogP contribution in [0.3, 0.4) is 0 Å². The minimum absolute atomic E-state index is 0.169. The number of hydrogen-bond donors (Lipinski definition) is 2. The molecule has 0 aromatic heterocycles. The molecule has 0 saturated carbocycles. The highest BCUT2D eigenvalue weighted by molar-refractivity contribution is 5.68. The van der Waals surface area contributed by atoms with Crippen LogP contribution >= 0.6 is 0 Å². The van der Waals surface area contributed by atoms with Crippen LogP contribution in [-0.2, 0) is 4.74 Å². The third-order valence-electron chi connectivity index (χ3n) is 2.79. The Kier molecular flexibility index (Phi) is 4.59. The van der Waals surface area contributed by atoms with E-state index in [4.69, 9.17) is 4.74 Å². The molecule has 0 bridgehead atoms. The molecule has 0 spiro atoms. The number of carbonyl (C=O) groups is 1. The fraction of sp³-hybridized carbons (Fsp3) is 0.917. The minimum Gasteiger partial charge on any atom is -0.444 e. The lowest BCUT2D eigenvalue weighted by molar-refractivity contribution is 0.0487. The van der Waals surface area contributed by atoms with Gasteiger partial charge in [-0.15, -0.1) is 0 Å². The second-order valence-electron chi connectivity index (χ2n) is 5.54. The van der Waals surface area contributed by atoms with E-state index >= 15 is 0 Å². The zero-order valence-electron chi connectivity index (χ0n) is 10.8. The van der Waals surface area contributed by atoms with Gasteiger partial charge in [-0.1, -0.05) is 0 Å². The first-order valence-corrected chi connectivity index (χ1v) is 6.09. The standard InChI is InChI=1S/C12H24N2O2/c1-9(10-6-5-7-13-8-10)14-11(15)16-12(2,3)4/h9-10,13H,5-8H2,1-4H3,(H,14,15)/t9-,10-/m0/s1. The Balaban J connectivity index is 2.32. The van der Waals surface area contributed by atoms with Crippen molar-refractivity contribution in [3.05, 3.63) is 0 Å². The predicted molar refractivity (Wildman–Crippen MR) is 64.4 cm³/mol. The van der Waals surface area contributed by atoms with Crippen molar-refractivity contribution in [1.29, 1.82) is 0 Å². The molecule has 4 heteroatoms. The molecule has 0 aromatic carbocycles. The Morgan fingerprint density at radius 2 is 2.19 bits per heavy atom. The smallest absolute Gasteiger partial charge is 0.407 e. The van der Waals surface area contributed by atoms with Gasteiger partial charge in [0, 0.05) is 6.04 Å². The quantitative estimate of drug-likeness (QED) is 0.759. The summed E-state index contributed by atoms with van der Waals surface area (Å²) in [6, 6.07) is 0.169. The van der Waals surface area contributed by atoms with Crippen molar-refractivity contribution >= 4 is 6.09 Å². The van der Waals surface area contributed by atoms with Crippen molar-refractivity contribution in [2.75, 3.05) is 13.1 Å². The van der Waals surface area contributed by atoms with Gasteiger partial charge in [-0.25, -0.2) is 4.79 Å². The van der Waals surface area contributed by atoms with Crippen molar-refractivity contribution in [2.24, 2.45) is 5.92 Å². The fourth-order valence-corrected chi connectivity index (χ4v) is 1.92. The van der Waals surface area contributed by atoms with Gasteiger partial charge in [-0.2, -0.15) is 0 Å². The van der Waals surface area contributed by atoms with E-state index in [0.29, 0.717) is 5.92 Å². The SMILES string of the molecule is C[C@H](NC(=O)OC(C)(C)C)[C@H]1CCCNC1. The van der Waals surface area contributed by atoms with Gasteiger partial charge in [-0.05, 0) is 59.5 Å². The van der Waals surface area contributed by atoms with E-state index in [9.17, 15) is 4.79 Å². The predicted octanol–water partition coefficient (Wildman–Crippen LogP) is 1.90. The maximum absolute atomic E-state index is 11.6. The lowest BCUT2D eigenvalue weighted by Crippen LogP contribution is -2.46. The molecule has 1 rings (SSSR count). The summed E-state index contributed by atoms with van der Waals surface area (Å²) in [5, 5.41) is 6.25. The Bertz CT molecular complexity index is 230. The molecular formula is C12H24N2O2. The van der Waals surface area contributed by atoms with E-state index in [1.54, 1.807) is 0 Å². The van der Waals surface area contributed by atoms with Crippen LogP contribution in [0.1, 0.15) is 40.5 Å². The highest BCUT2D eigenvalue weighted by atomic mass is 16.6. The summed E-state index contributed by atoms with van der Waals surface area (Å²) in [4.78, 5) is 11.6. The van der Waals surface area contributed by atoms with Gasteiger partial charge in [0.15, 0.2) is 0 Å². The van der Waals surface area contributed by atoms with Gasteiger partial charge < -0.3 is 15.4 Å². The molecule has 1 aliphatic rings. The molecular weight excluding hydrogens is 204 g/mol. The van der Waals surface area contributed by atoms with Crippen LogP contribution in [0, 0.1) is 5.92 Å². The maximum atomic E-state index is 11.6. The molecule has 0 aromatic rings. The van der Waals surface area contributed by atoms with E-state index in [2.05, 4.69) is 10.6 Å². The van der Waals surface area contributed by atoms with Crippen LogP contribution in [0.25, 0.3) is 0 Å². The van der Waals surface area contributed by atoms with Gasteiger partial charge in [0.1, 0.15) is 5.60 Å². The summed E-state index contributed by atoms with van der Waals surface area (Å²) in [5.41, 5.74) is -0.422. The summed E-state index contributed by atoms with van der Waals surface area (Å²) < 4.78 is 5.23. The van der Waals surface area contributed by atoms with Crippen LogP contribution in [0.5, 0.6) is 0 Å². The molecule has 0 aliphatic carbocycles. The lowest BCUT2D eigenvalue weighted by Gasteiger charge is -2.29. The van der Waals surface area contributed by atoms with Gasteiger partial charge in [0.2, 0.25) is 0 Å². The van der Waals surface area contributed by atoms with Gasteiger partial charge in [0.25, 0.3) is 0 Å². The zero-order valence-corrected chi connectivity index (χ0v) is 10.8. The number of piperidine rings is 1. The first-order chi connectivity index (χ1) is 7.38. The Hall–Kier alpha value is -0.770. The largest absolute Gasteiger partial charge is 0.444 e. The van der Waals surface area contributed by atoms with Crippen LogP contribution in [0.2, 0.25) is 0 Å². The zero-order chi connectivity index (χ0) is 12.2. The average molecular weight is 228 g/mol. The summed E-state index contributed by atoms with van der Waals surface area (Å²) in [5.74, 6) is 0.515. The van der Waals surface area contributed by atoms with Crippen LogP contribution in [0.15, 0.2) is 0 Å². The van der Waals surface area contributed by atoms with Crippen molar-refractivity contribution in [3.8, 4) is 0 Å². The normalized spacial score (nSPS) is 23.6. The molecule has 0 unspecified atom stereocenters. The topological polar surface area (TPSA) is 50.4 Å². The summed E-state index contributed by atoms with van der Waals surface area (Å²) in [7, 11) is 0. The lowest BCUT2D eigenvalue weighted by atomic mass is 9.93. The minimum atomic E-state index is -0.422. The molecule has 2 N–H and O–H groups in total. The Morgan fingerprint density at radius 3 is 2.69 bits per heavy atom. The highest BCUT2D eigenvalue weighted by Crippen LogP contribution is 2.15. The Labute approximate surface area is 98.1 Å². The summed E-state index contributed by atoms with van der Waals surface area (Å²) >= 11 is 0. The van der Waals surface area contributed by atoms with Crippen LogP contribution in [-0.4, -0.2) is 30.8 Å². The van der Waals surface area contributed by atoms with Crippen LogP contribution < -0.4 is 10.6 Å². The molecule has 1 saturated heterocycles. The third kappa shape index (κ3) is 4.84. The molecule has 94 valence electrons. The van der Waals surface area contributed by atoms with Gasteiger partial charge >= 0.3 is 6.09 Å². The fourth-order valence-electron chi connectivity index (χ4n) is 1.92.